The highest BCUT2D eigenvalue weighted by Gasteiger charge is 2.63. The van der Waals surface area contributed by atoms with Crippen molar-refractivity contribution in [2.45, 2.75) is 38.0 Å². The third-order valence-corrected chi connectivity index (χ3v) is 6.76. The number of hydrogen-bond donors (Lipinski definition) is 1. The van der Waals surface area contributed by atoms with Crippen molar-refractivity contribution in [3.8, 4) is 0 Å². The summed E-state index contributed by atoms with van der Waals surface area (Å²) < 4.78 is 5.75. The number of likely N-dealkylation sites (tertiary alicyclic amines) is 2. The maximum absolute atomic E-state index is 12.9. The van der Waals surface area contributed by atoms with Crippen molar-refractivity contribution < 1.29 is 19.1 Å². The molecule has 5 fully saturated rings. The Morgan fingerprint density at radius 3 is 2.17 bits per heavy atom. The molecule has 7 nitrogen and oxygen atoms in total. The van der Waals surface area contributed by atoms with Crippen molar-refractivity contribution in [2.24, 2.45) is 23.7 Å². The number of carbonyl (C=O) groups excluding carboxylic acids is 3. The number of amides is 3. The van der Waals surface area contributed by atoms with Crippen LogP contribution in [0.1, 0.15) is 19.8 Å². The van der Waals surface area contributed by atoms with Crippen LogP contribution in [0.5, 0.6) is 0 Å². The lowest BCUT2D eigenvalue weighted by Crippen LogP contribution is -2.50. The molecule has 3 amide bonds. The molecule has 0 spiro atoms. The minimum atomic E-state index is -0.693. The summed E-state index contributed by atoms with van der Waals surface area (Å²) in [6.45, 7) is 5.08. The molecule has 24 heavy (non-hydrogen) atoms. The van der Waals surface area contributed by atoms with Crippen LogP contribution in [0.25, 0.3) is 0 Å². The summed E-state index contributed by atoms with van der Waals surface area (Å²) in [6, 6.07) is -0.693. The number of fused-ring (bicyclic) bond motifs is 6. The molecule has 0 aromatic heterocycles. The number of rotatable bonds is 2. The van der Waals surface area contributed by atoms with Gasteiger partial charge in [0.2, 0.25) is 17.7 Å². The van der Waals surface area contributed by atoms with Crippen molar-refractivity contribution in [1.82, 2.24) is 15.1 Å². The third-order valence-electron chi connectivity index (χ3n) is 6.76. The van der Waals surface area contributed by atoms with Crippen LogP contribution in [0.15, 0.2) is 0 Å². The summed E-state index contributed by atoms with van der Waals surface area (Å²) in [5, 5.41) is 3.36. The highest BCUT2D eigenvalue weighted by atomic mass is 16.5. The summed E-state index contributed by atoms with van der Waals surface area (Å²) in [4.78, 5) is 41.6. The Hall–Kier alpha value is -1.47. The Balaban J connectivity index is 1.34. The molecule has 7 atom stereocenters. The van der Waals surface area contributed by atoms with E-state index < -0.39 is 6.04 Å². The molecule has 0 saturated carbocycles. The van der Waals surface area contributed by atoms with E-state index >= 15 is 0 Å². The molecule has 5 rings (SSSR count). The van der Waals surface area contributed by atoms with Crippen LogP contribution in [0.2, 0.25) is 0 Å². The molecule has 7 heteroatoms. The zero-order valence-electron chi connectivity index (χ0n) is 13.8. The van der Waals surface area contributed by atoms with Gasteiger partial charge in [-0.3, -0.25) is 19.3 Å². The van der Waals surface area contributed by atoms with E-state index in [2.05, 4.69) is 5.32 Å². The molecule has 5 heterocycles. The molecule has 0 aromatic rings. The average Bonchev–Trinajstić information content (AvgIpc) is 3.31. The molecule has 5 saturated heterocycles. The van der Waals surface area contributed by atoms with E-state index in [-0.39, 0.29) is 41.8 Å². The fraction of sp³-hybridized carbons (Fsp3) is 0.824. The molecule has 130 valence electrons. The molecule has 0 aromatic carbocycles. The van der Waals surface area contributed by atoms with E-state index in [0.29, 0.717) is 11.8 Å². The van der Waals surface area contributed by atoms with Crippen LogP contribution < -0.4 is 5.32 Å². The first-order valence-electron chi connectivity index (χ1n) is 9.08. The van der Waals surface area contributed by atoms with Crippen molar-refractivity contribution in [3.05, 3.63) is 0 Å². The predicted molar refractivity (Wildman–Crippen MR) is 82.6 cm³/mol. The fourth-order valence-corrected chi connectivity index (χ4v) is 5.53. The third kappa shape index (κ3) is 1.82. The lowest BCUT2D eigenvalue weighted by molar-refractivity contribution is -0.152. The van der Waals surface area contributed by atoms with Crippen LogP contribution in [-0.4, -0.2) is 72.0 Å². The SMILES string of the molecule is CC(C(=O)N1C[C@H]2CNC[C@H]2C1)N1C(=O)C2C3CCC(O3)C2C1=O. The minimum absolute atomic E-state index is 0.0839. The van der Waals surface area contributed by atoms with E-state index in [0.717, 1.165) is 39.0 Å². The zero-order valence-corrected chi connectivity index (χ0v) is 13.8. The van der Waals surface area contributed by atoms with Crippen molar-refractivity contribution in [2.75, 3.05) is 26.2 Å². The highest BCUT2D eigenvalue weighted by molar-refractivity contribution is 6.09. The van der Waals surface area contributed by atoms with Crippen molar-refractivity contribution in [1.29, 1.82) is 0 Å². The Kier molecular flexibility index (Phi) is 3.10. The Morgan fingerprint density at radius 1 is 1.08 bits per heavy atom. The van der Waals surface area contributed by atoms with Gasteiger partial charge in [-0.15, -0.1) is 0 Å². The van der Waals surface area contributed by atoms with Gasteiger partial charge in [0.15, 0.2) is 0 Å². The van der Waals surface area contributed by atoms with Crippen LogP contribution in [0, 0.1) is 23.7 Å². The standard InChI is InChI=1S/C17H23N3O4/c1-8(15(21)19-6-9-4-18-5-10(9)7-19)20-16(22)13-11-2-3-12(24-11)14(13)17(20)23/h8-14,18H,2-7H2,1H3/t8?,9-,10+,11?,12?,13?,14?. The van der Waals surface area contributed by atoms with E-state index in [1.807, 2.05) is 4.90 Å². The minimum Gasteiger partial charge on any atom is -0.373 e. The summed E-state index contributed by atoms with van der Waals surface area (Å²) in [6.07, 6.45) is 1.45. The van der Waals surface area contributed by atoms with E-state index in [9.17, 15) is 14.4 Å². The van der Waals surface area contributed by atoms with Gasteiger partial charge in [-0.05, 0) is 31.6 Å². The molecule has 1 N–H and O–H groups in total. The maximum Gasteiger partial charge on any atom is 0.245 e. The Bertz CT molecular complexity index is 583. The van der Waals surface area contributed by atoms with Gasteiger partial charge in [-0.1, -0.05) is 0 Å². The van der Waals surface area contributed by atoms with Crippen molar-refractivity contribution in [3.63, 3.8) is 0 Å². The maximum atomic E-state index is 12.9. The lowest BCUT2D eigenvalue weighted by Gasteiger charge is -2.28. The smallest absolute Gasteiger partial charge is 0.245 e. The molecule has 0 radical (unpaired) electrons. The number of carbonyl (C=O) groups is 3. The number of nitrogens with one attached hydrogen (secondary N) is 1. The van der Waals surface area contributed by atoms with Crippen LogP contribution in [0.4, 0.5) is 0 Å². The summed E-state index contributed by atoms with van der Waals surface area (Å²) in [5.74, 6) is -0.163. The molecule has 5 unspecified atom stereocenters. The van der Waals surface area contributed by atoms with Gasteiger partial charge in [0.25, 0.3) is 0 Å². The van der Waals surface area contributed by atoms with Gasteiger partial charge < -0.3 is 15.0 Å². The monoisotopic (exact) mass is 333 g/mol. The second-order valence-electron chi connectivity index (χ2n) is 7.99. The second-order valence-corrected chi connectivity index (χ2v) is 7.99. The Labute approximate surface area is 140 Å². The summed E-state index contributed by atoms with van der Waals surface area (Å²) in [7, 11) is 0. The average molecular weight is 333 g/mol. The summed E-state index contributed by atoms with van der Waals surface area (Å²) >= 11 is 0. The zero-order chi connectivity index (χ0) is 16.6. The van der Waals surface area contributed by atoms with Gasteiger partial charge in [-0.2, -0.15) is 0 Å². The Morgan fingerprint density at radius 2 is 1.62 bits per heavy atom. The topological polar surface area (TPSA) is 79.0 Å². The largest absolute Gasteiger partial charge is 0.373 e. The van der Waals surface area contributed by atoms with E-state index in [1.54, 1.807) is 6.92 Å². The van der Waals surface area contributed by atoms with E-state index in [4.69, 9.17) is 4.74 Å². The first-order chi connectivity index (χ1) is 11.6. The number of hydrogen-bond acceptors (Lipinski definition) is 5. The first kappa shape index (κ1) is 14.8. The number of nitrogens with zero attached hydrogens (tertiary/aromatic N) is 2. The fourth-order valence-electron chi connectivity index (χ4n) is 5.53. The molecule has 0 aliphatic carbocycles. The molecular formula is C17H23N3O4. The lowest BCUT2D eigenvalue weighted by atomic mass is 9.81. The normalized spacial score (nSPS) is 44.4. The first-order valence-corrected chi connectivity index (χ1v) is 9.08. The quantitative estimate of drug-likeness (QED) is 0.671. The van der Waals surface area contributed by atoms with Gasteiger partial charge in [-0.25, -0.2) is 0 Å². The number of imide groups is 1. The van der Waals surface area contributed by atoms with Crippen LogP contribution in [-0.2, 0) is 19.1 Å². The van der Waals surface area contributed by atoms with Gasteiger partial charge in [0, 0.05) is 26.2 Å². The summed E-state index contributed by atoms with van der Waals surface area (Å²) in [5.41, 5.74) is 0. The highest BCUT2D eigenvalue weighted by Crippen LogP contribution is 2.49. The number of ether oxygens (including phenoxy) is 1. The molecule has 2 bridgehead atoms. The van der Waals surface area contributed by atoms with Crippen LogP contribution >= 0.6 is 0 Å². The molecule has 5 aliphatic heterocycles. The van der Waals surface area contributed by atoms with Gasteiger partial charge in [0.1, 0.15) is 6.04 Å². The second kappa shape index (κ2) is 5.02. The van der Waals surface area contributed by atoms with Crippen LogP contribution in [0.3, 0.4) is 0 Å². The molecule has 5 aliphatic rings. The van der Waals surface area contributed by atoms with E-state index in [1.165, 1.54) is 4.90 Å². The molecular weight excluding hydrogens is 310 g/mol. The van der Waals surface area contributed by atoms with Crippen molar-refractivity contribution >= 4 is 17.7 Å². The van der Waals surface area contributed by atoms with Gasteiger partial charge in [0.05, 0.1) is 24.0 Å². The van der Waals surface area contributed by atoms with Gasteiger partial charge >= 0.3 is 0 Å². The predicted octanol–water partition coefficient (Wildman–Crippen LogP) is -0.785.